The molecule has 1 heterocycles. The van der Waals surface area contributed by atoms with Crippen molar-refractivity contribution < 1.29 is 13.2 Å². The number of amides is 1. The average molecular weight is 367 g/mol. The van der Waals surface area contributed by atoms with Gasteiger partial charge in [-0.25, -0.2) is 13.1 Å². The molecule has 1 amide bonds. The van der Waals surface area contributed by atoms with Gasteiger partial charge in [0.15, 0.2) is 0 Å². The van der Waals surface area contributed by atoms with E-state index in [1.54, 1.807) is 0 Å². The molecule has 0 saturated carbocycles. The Balaban J connectivity index is 1.92. The van der Waals surface area contributed by atoms with Gasteiger partial charge in [-0.2, -0.15) is 0 Å². The zero-order chi connectivity index (χ0) is 18.4. The first-order chi connectivity index (χ1) is 11.7. The Morgan fingerprint density at radius 2 is 2.04 bits per heavy atom. The fourth-order valence-corrected chi connectivity index (χ4v) is 4.57. The van der Waals surface area contributed by atoms with Gasteiger partial charge in [-0.05, 0) is 37.7 Å². The first-order valence-electron chi connectivity index (χ1n) is 9.08. The third-order valence-electron chi connectivity index (χ3n) is 4.57. The van der Waals surface area contributed by atoms with E-state index in [0.29, 0.717) is 31.7 Å². The summed E-state index contributed by atoms with van der Waals surface area (Å²) in [5.74, 6) is 0.677. The van der Waals surface area contributed by atoms with Crippen molar-refractivity contribution in [2.75, 3.05) is 13.1 Å². The number of hydrogen-bond donors (Lipinski definition) is 1. The van der Waals surface area contributed by atoms with Crippen LogP contribution in [0.2, 0.25) is 0 Å². The maximum absolute atomic E-state index is 12.5. The van der Waals surface area contributed by atoms with Gasteiger partial charge >= 0.3 is 0 Å². The standard InChI is InChI=1S/C19H30N2O3S/c1-15(2)9-11-21-12-10-18(7-8-19(21)22)20-25(23,24)14-17-6-4-5-16(3)13-17/h4-6,13,15,18,20H,7-12,14H2,1-3H3. The first-order valence-corrected chi connectivity index (χ1v) is 10.7. The van der Waals surface area contributed by atoms with Gasteiger partial charge in [-0.1, -0.05) is 43.7 Å². The van der Waals surface area contributed by atoms with E-state index in [-0.39, 0.29) is 17.7 Å². The van der Waals surface area contributed by atoms with Crippen molar-refractivity contribution in [3.63, 3.8) is 0 Å². The van der Waals surface area contributed by atoms with Crippen molar-refractivity contribution in [1.82, 2.24) is 9.62 Å². The van der Waals surface area contributed by atoms with Crippen LogP contribution in [-0.4, -0.2) is 38.4 Å². The third-order valence-corrected chi connectivity index (χ3v) is 5.97. The van der Waals surface area contributed by atoms with Crippen LogP contribution in [0, 0.1) is 12.8 Å². The van der Waals surface area contributed by atoms with Gasteiger partial charge < -0.3 is 4.90 Å². The van der Waals surface area contributed by atoms with E-state index in [2.05, 4.69) is 18.6 Å². The molecule has 0 bridgehead atoms. The van der Waals surface area contributed by atoms with Crippen molar-refractivity contribution in [2.24, 2.45) is 5.92 Å². The van der Waals surface area contributed by atoms with E-state index in [1.807, 2.05) is 36.1 Å². The quantitative estimate of drug-likeness (QED) is 0.807. The number of nitrogens with zero attached hydrogens (tertiary/aromatic N) is 1. The minimum atomic E-state index is -3.41. The van der Waals surface area contributed by atoms with Gasteiger partial charge in [0.1, 0.15) is 0 Å². The topological polar surface area (TPSA) is 66.5 Å². The zero-order valence-corrected chi connectivity index (χ0v) is 16.3. The molecule has 0 aromatic heterocycles. The molecular formula is C19H30N2O3S. The Morgan fingerprint density at radius 3 is 2.72 bits per heavy atom. The SMILES string of the molecule is Cc1cccc(CS(=O)(=O)NC2CCC(=O)N(CCC(C)C)CC2)c1. The Kier molecular flexibility index (Phi) is 7.02. The highest BCUT2D eigenvalue weighted by atomic mass is 32.2. The number of carbonyl (C=O) groups excluding carboxylic acids is 1. The minimum Gasteiger partial charge on any atom is -0.343 e. The summed E-state index contributed by atoms with van der Waals surface area (Å²) in [6.07, 6.45) is 2.65. The summed E-state index contributed by atoms with van der Waals surface area (Å²) in [6, 6.07) is 7.38. The molecule has 2 rings (SSSR count). The molecule has 0 aliphatic carbocycles. The van der Waals surface area contributed by atoms with E-state index in [9.17, 15) is 13.2 Å². The summed E-state index contributed by atoms with van der Waals surface area (Å²) in [5.41, 5.74) is 1.84. The number of hydrogen-bond acceptors (Lipinski definition) is 3. The lowest BCUT2D eigenvalue weighted by Gasteiger charge is -2.22. The molecule has 25 heavy (non-hydrogen) atoms. The molecule has 1 aromatic carbocycles. The second-order valence-electron chi connectivity index (χ2n) is 7.45. The molecule has 1 aliphatic rings. The number of aryl methyl sites for hydroxylation is 1. The summed E-state index contributed by atoms with van der Waals surface area (Å²) in [4.78, 5) is 14.1. The van der Waals surface area contributed by atoms with Crippen LogP contribution in [0.1, 0.15) is 50.7 Å². The fraction of sp³-hybridized carbons (Fsp3) is 0.632. The van der Waals surface area contributed by atoms with E-state index < -0.39 is 10.0 Å². The Labute approximate surface area is 151 Å². The van der Waals surface area contributed by atoms with Crippen LogP contribution in [0.3, 0.4) is 0 Å². The molecule has 1 aromatic rings. The van der Waals surface area contributed by atoms with E-state index >= 15 is 0 Å². The van der Waals surface area contributed by atoms with Gasteiger partial charge in [-0.15, -0.1) is 0 Å². The lowest BCUT2D eigenvalue weighted by molar-refractivity contribution is -0.130. The van der Waals surface area contributed by atoms with Crippen molar-refractivity contribution in [1.29, 1.82) is 0 Å². The van der Waals surface area contributed by atoms with E-state index in [0.717, 1.165) is 24.1 Å². The molecule has 1 fully saturated rings. The largest absolute Gasteiger partial charge is 0.343 e. The molecule has 140 valence electrons. The Bertz CT molecular complexity index is 686. The summed E-state index contributed by atoms with van der Waals surface area (Å²) in [5, 5.41) is 0. The predicted molar refractivity (Wildman–Crippen MR) is 101 cm³/mol. The number of likely N-dealkylation sites (tertiary alicyclic amines) is 1. The summed E-state index contributed by atoms with van der Waals surface area (Å²) in [7, 11) is -3.41. The monoisotopic (exact) mass is 366 g/mol. The Hall–Kier alpha value is -1.40. The van der Waals surface area contributed by atoms with Gasteiger partial charge in [0, 0.05) is 25.6 Å². The Morgan fingerprint density at radius 1 is 1.28 bits per heavy atom. The highest BCUT2D eigenvalue weighted by Crippen LogP contribution is 2.16. The fourth-order valence-electron chi connectivity index (χ4n) is 3.12. The lowest BCUT2D eigenvalue weighted by atomic mass is 10.1. The summed E-state index contributed by atoms with van der Waals surface area (Å²) in [6.45, 7) is 7.63. The van der Waals surface area contributed by atoms with Crippen LogP contribution in [0.15, 0.2) is 24.3 Å². The van der Waals surface area contributed by atoms with E-state index in [1.165, 1.54) is 0 Å². The van der Waals surface area contributed by atoms with Gasteiger partial charge in [0.25, 0.3) is 0 Å². The van der Waals surface area contributed by atoms with Crippen LogP contribution < -0.4 is 4.72 Å². The second kappa shape index (κ2) is 8.81. The van der Waals surface area contributed by atoms with Gasteiger partial charge in [0.2, 0.25) is 15.9 Å². The molecule has 6 heteroatoms. The normalized spacial score (nSPS) is 19.3. The van der Waals surface area contributed by atoms with Crippen molar-refractivity contribution >= 4 is 15.9 Å². The molecule has 1 aliphatic heterocycles. The van der Waals surface area contributed by atoms with Gasteiger partial charge in [-0.3, -0.25) is 4.79 Å². The van der Waals surface area contributed by atoms with Crippen molar-refractivity contribution in [2.45, 2.75) is 58.2 Å². The summed E-state index contributed by atoms with van der Waals surface area (Å²) < 4.78 is 27.7. The van der Waals surface area contributed by atoms with Crippen LogP contribution in [0.4, 0.5) is 0 Å². The smallest absolute Gasteiger partial charge is 0.222 e. The first kappa shape index (κ1) is 19.9. The third kappa shape index (κ3) is 6.78. The molecule has 5 nitrogen and oxygen atoms in total. The van der Waals surface area contributed by atoms with Crippen LogP contribution in [-0.2, 0) is 20.6 Å². The number of nitrogens with one attached hydrogen (secondary N) is 1. The zero-order valence-electron chi connectivity index (χ0n) is 15.5. The molecular weight excluding hydrogens is 336 g/mol. The predicted octanol–water partition coefficient (Wildman–Crippen LogP) is 2.84. The number of benzene rings is 1. The maximum atomic E-state index is 12.5. The highest BCUT2D eigenvalue weighted by molar-refractivity contribution is 7.88. The van der Waals surface area contributed by atoms with Crippen LogP contribution in [0.5, 0.6) is 0 Å². The number of rotatable bonds is 7. The molecule has 1 atom stereocenters. The highest BCUT2D eigenvalue weighted by Gasteiger charge is 2.25. The lowest BCUT2D eigenvalue weighted by Crippen LogP contribution is -2.36. The maximum Gasteiger partial charge on any atom is 0.222 e. The van der Waals surface area contributed by atoms with Crippen molar-refractivity contribution in [3.05, 3.63) is 35.4 Å². The molecule has 1 unspecified atom stereocenters. The molecule has 0 spiro atoms. The van der Waals surface area contributed by atoms with Crippen molar-refractivity contribution in [3.8, 4) is 0 Å². The average Bonchev–Trinajstić information content (AvgIpc) is 2.66. The summed E-state index contributed by atoms with van der Waals surface area (Å²) >= 11 is 0. The molecule has 0 radical (unpaired) electrons. The molecule has 1 N–H and O–H groups in total. The number of carbonyl (C=O) groups is 1. The number of sulfonamides is 1. The van der Waals surface area contributed by atoms with Crippen LogP contribution >= 0.6 is 0 Å². The van der Waals surface area contributed by atoms with E-state index in [4.69, 9.17) is 0 Å². The van der Waals surface area contributed by atoms with Gasteiger partial charge in [0.05, 0.1) is 5.75 Å². The van der Waals surface area contributed by atoms with Crippen LogP contribution in [0.25, 0.3) is 0 Å². The second-order valence-corrected chi connectivity index (χ2v) is 9.21. The minimum absolute atomic E-state index is 0.0177. The molecule has 1 saturated heterocycles.